The summed E-state index contributed by atoms with van der Waals surface area (Å²) in [6.07, 6.45) is 1.86. The number of methoxy groups -OCH3 is 1. The van der Waals surface area contributed by atoms with Crippen LogP contribution >= 0.6 is 0 Å². The summed E-state index contributed by atoms with van der Waals surface area (Å²) in [5.74, 6) is -1.38. The lowest BCUT2D eigenvalue weighted by Gasteiger charge is -2.48. The Kier molecular flexibility index (Phi) is 13.3. The lowest BCUT2D eigenvalue weighted by Crippen LogP contribution is -2.66. The summed E-state index contributed by atoms with van der Waals surface area (Å²) in [4.78, 5) is 50.0. The van der Waals surface area contributed by atoms with Crippen LogP contribution in [0.3, 0.4) is 0 Å². The number of alkyl halides is 3. The molecule has 15 nitrogen and oxygen atoms in total. The minimum Gasteiger partial charge on any atom is -0.496 e. The molecule has 2 aliphatic heterocycles. The summed E-state index contributed by atoms with van der Waals surface area (Å²) in [6.45, 7) is 7.74. The van der Waals surface area contributed by atoms with E-state index in [1.54, 1.807) is 57.2 Å². The molecule has 0 N–H and O–H groups in total. The number of rotatable bonds is 15. The Hall–Kier alpha value is -5.75. The highest BCUT2D eigenvalue weighted by molar-refractivity contribution is 5.73. The first-order chi connectivity index (χ1) is 27.4. The van der Waals surface area contributed by atoms with Gasteiger partial charge in [0.1, 0.15) is 28.8 Å². The first kappa shape index (κ1) is 43.4. The first-order valence-corrected chi connectivity index (χ1v) is 18.3. The summed E-state index contributed by atoms with van der Waals surface area (Å²) in [7, 11) is 1.45. The predicted molar refractivity (Wildman–Crippen MR) is 195 cm³/mol. The van der Waals surface area contributed by atoms with Crippen molar-refractivity contribution in [3.8, 4) is 17.0 Å². The summed E-state index contributed by atoms with van der Waals surface area (Å²) >= 11 is 0. The number of benzene rings is 1. The lowest BCUT2D eigenvalue weighted by atomic mass is 9.77. The van der Waals surface area contributed by atoms with Crippen LogP contribution in [0.4, 0.5) is 13.2 Å². The molecule has 0 unspecified atom stereocenters. The van der Waals surface area contributed by atoms with Crippen molar-refractivity contribution < 1.29 is 69.9 Å². The van der Waals surface area contributed by atoms with Crippen molar-refractivity contribution in [2.24, 2.45) is 0 Å². The number of carbonyl (C=O) groups excluding carboxylic acids is 3. The maximum Gasteiger partial charge on any atom is 0.416 e. The maximum atomic E-state index is 13.3. The third-order valence-corrected chi connectivity index (χ3v) is 9.86. The van der Waals surface area contributed by atoms with Crippen LogP contribution in [0.5, 0.6) is 5.75 Å². The molecule has 2 saturated heterocycles. The van der Waals surface area contributed by atoms with Gasteiger partial charge < -0.3 is 38.0 Å². The van der Waals surface area contributed by atoms with Gasteiger partial charge in [-0.25, -0.2) is 4.79 Å². The van der Waals surface area contributed by atoms with Crippen LogP contribution in [0.25, 0.3) is 17.3 Å². The second-order valence-corrected chi connectivity index (χ2v) is 13.9. The van der Waals surface area contributed by atoms with Gasteiger partial charge in [-0.1, -0.05) is 37.3 Å². The molecule has 5 rings (SSSR count). The van der Waals surface area contributed by atoms with Gasteiger partial charge in [0.2, 0.25) is 5.69 Å². The van der Waals surface area contributed by atoms with E-state index in [0.29, 0.717) is 23.5 Å². The lowest BCUT2D eigenvalue weighted by molar-refractivity contribution is -0.808. The Morgan fingerprint density at radius 3 is 2.34 bits per heavy atom. The number of nitrogens with zero attached hydrogens (tertiary/aromatic N) is 2. The standard InChI is InChI=1S/C40H43F3N2O13/c1-7-31-38(4)37(53-24(3)46)39(5,57-31)36(29(56-38)14-11-9-8-10-13-28-23(2)30(51-6)21-34(49)54-28)55-33(48)16-12-15-32(47)52-22-27-35(44-58-45(27)50)25-17-19-26(20-18-25)40(41,42)43/h8-11,13-14,17-21,29,31,36-37H,7,12,15-16,22H2,1-6H3/b9-8+,13-10+,14-11+/t29-,31+,36-,37+,38-,39+/m0/s1. The molecule has 18 heteroatoms. The van der Waals surface area contributed by atoms with Crippen molar-refractivity contribution in [2.75, 3.05) is 7.11 Å². The van der Waals surface area contributed by atoms with Gasteiger partial charge in [0.25, 0.3) is 5.69 Å². The minimum absolute atomic E-state index is 0.0200. The average Bonchev–Trinajstić information content (AvgIpc) is 3.61. The zero-order chi connectivity index (χ0) is 42.4. The monoisotopic (exact) mass is 816 g/mol. The van der Waals surface area contributed by atoms with Gasteiger partial charge in [-0.15, -0.1) is 0 Å². The number of esters is 3. The summed E-state index contributed by atoms with van der Waals surface area (Å²) in [6, 6.07) is 5.08. The molecule has 0 saturated carbocycles. The normalized spacial score (nSPS) is 24.4. The maximum absolute atomic E-state index is 13.3. The van der Waals surface area contributed by atoms with Gasteiger partial charge in [-0.05, 0) is 68.9 Å². The number of carbonyl (C=O) groups is 3. The molecule has 2 aliphatic rings. The van der Waals surface area contributed by atoms with Crippen LogP contribution in [-0.4, -0.2) is 65.8 Å². The van der Waals surface area contributed by atoms with Crippen molar-refractivity contribution in [1.29, 1.82) is 0 Å². The van der Waals surface area contributed by atoms with Gasteiger partial charge in [0, 0.05) is 36.0 Å². The number of halogens is 3. The van der Waals surface area contributed by atoms with Crippen molar-refractivity contribution in [3.05, 3.63) is 98.9 Å². The zero-order valence-corrected chi connectivity index (χ0v) is 32.5. The van der Waals surface area contributed by atoms with E-state index in [9.17, 15) is 37.6 Å². The Morgan fingerprint density at radius 2 is 1.69 bits per heavy atom. The molecule has 0 amide bonds. The summed E-state index contributed by atoms with van der Waals surface area (Å²) < 4.78 is 83.9. The molecule has 6 atom stereocenters. The zero-order valence-electron chi connectivity index (χ0n) is 32.5. The highest BCUT2D eigenvalue weighted by Gasteiger charge is 2.71. The third kappa shape index (κ3) is 9.50. The van der Waals surface area contributed by atoms with Crippen LogP contribution < -0.4 is 15.3 Å². The number of hydrogen-bond acceptors (Lipinski definition) is 14. The largest absolute Gasteiger partial charge is 0.496 e. The van der Waals surface area contributed by atoms with E-state index >= 15 is 0 Å². The number of aromatic nitrogens is 2. The smallest absolute Gasteiger partial charge is 0.416 e. The SMILES string of the molecule is CC[C@H]1O[C@@]2(C)[C@H](OC(C)=O)[C@@]1(C)O[C@@H](/C=C/C=C/C=C/c1oc(=O)cc(OC)c1C)[C@@H]2OC(=O)CCCC(=O)OCc1c(-c2ccc(C(F)(F)F)cc2)no[n+]1[O-]. The highest BCUT2D eigenvalue weighted by Crippen LogP contribution is 2.52. The van der Waals surface area contributed by atoms with E-state index in [4.69, 9.17) is 32.8 Å². The number of hydrogen-bond donors (Lipinski definition) is 0. The molecule has 312 valence electrons. The molecule has 1 aromatic carbocycles. The fraction of sp³-hybridized carbons (Fsp3) is 0.450. The van der Waals surface area contributed by atoms with Crippen LogP contribution in [0.2, 0.25) is 0 Å². The third-order valence-electron chi connectivity index (χ3n) is 9.86. The summed E-state index contributed by atoms with van der Waals surface area (Å²) in [5.41, 5.74) is -3.51. The predicted octanol–water partition coefficient (Wildman–Crippen LogP) is 5.87. The van der Waals surface area contributed by atoms with Gasteiger partial charge in [-0.2, -0.15) is 13.2 Å². The fourth-order valence-corrected chi connectivity index (χ4v) is 7.06. The van der Waals surface area contributed by atoms with Gasteiger partial charge in [-0.3, -0.25) is 19.0 Å². The summed E-state index contributed by atoms with van der Waals surface area (Å²) in [5, 5.41) is 15.8. The van der Waals surface area contributed by atoms with Gasteiger partial charge >= 0.3 is 29.7 Å². The first-order valence-electron chi connectivity index (χ1n) is 18.3. The van der Waals surface area contributed by atoms with Crippen LogP contribution in [-0.2, 0) is 50.9 Å². The molecule has 2 bridgehead atoms. The molecule has 2 aromatic heterocycles. The molecular formula is C40H43F3N2O13. The number of ether oxygens (including phenoxy) is 6. The Bertz CT molecular complexity index is 2120. The number of allylic oxidation sites excluding steroid dienone is 4. The van der Waals surface area contributed by atoms with Crippen LogP contribution in [0.15, 0.2) is 74.6 Å². The Balaban J connectivity index is 1.24. The van der Waals surface area contributed by atoms with Crippen molar-refractivity contribution in [1.82, 2.24) is 5.16 Å². The molecular weight excluding hydrogens is 773 g/mol. The molecule has 58 heavy (non-hydrogen) atoms. The van der Waals surface area contributed by atoms with Crippen molar-refractivity contribution in [2.45, 2.75) is 109 Å². The van der Waals surface area contributed by atoms with Crippen LogP contribution in [0.1, 0.15) is 76.0 Å². The Morgan fingerprint density at radius 1 is 1.00 bits per heavy atom. The molecule has 0 aliphatic carbocycles. The second-order valence-electron chi connectivity index (χ2n) is 13.9. The fourth-order valence-electron chi connectivity index (χ4n) is 7.06. The molecule has 0 spiro atoms. The minimum atomic E-state index is -4.57. The van der Waals surface area contributed by atoms with Crippen molar-refractivity contribution >= 4 is 24.0 Å². The topological polar surface area (TPSA) is 190 Å². The van der Waals surface area contributed by atoms with E-state index in [1.807, 2.05) is 6.92 Å². The van der Waals surface area contributed by atoms with Crippen LogP contribution in [0, 0.1) is 12.1 Å². The highest BCUT2D eigenvalue weighted by atomic mass is 19.4. The van der Waals surface area contributed by atoms with E-state index in [-0.39, 0.29) is 41.1 Å². The van der Waals surface area contributed by atoms with E-state index in [0.717, 1.165) is 24.3 Å². The number of fused-ring (bicyclic) bond motifs is 2. The molecule has 4 heterocycles. The second kappa shape index (κ2) is 17.8. The van der Waals surface area contributed by atoms with Gasteiger partial charge in [0.05, 0.1) is 24.8 Å². The van der Waals surface area contributed by atoms with E-state index in [1.165, 1.54) is 20.1 Å². The molecule has 2 fully saturated rings. The molecule has 3 aromatic rings. The van der Waals surface area contributed by atoms with Gasteiger partial charge in [0.15, 0.2) is 18.8 Å². The quantitative estimate of drug-likeness (QED) is 0.0766. The molecule has 0 radical (unpaired) electrons. The average molecular weight is 817 g/mol. The Labute approximate surface area is 330 Å². The van der Waals surface area contributed by atoms with E-state index in [2.05, 4.69) is 9.79 Å². The van der Waals surface area contributed by atoms with E-state index < -0.39 is 77.5 Å². The van der Waals surface area contributed by atoms with Crippen molar-refractivity contribution in [3.63, 3.8) is 0 Å².